The van der Waals surface area contributed by atoms with Crippen molar-refractivity contribution in [1.29, 1.82) is 0 Å². The maximum atomic E-state index is 5.34. The zero-order chi connectivity index (χ0) is 8.97. The third-order valence-corrected chi connectivity index (χ3v) is 1.53. The van der Waals surface area contributed by atoms with Crippen LogP contribution >= 0.6 is 0 Å². The molecule has 0 atom stereocenters. The van der Waals surface area contributed by atoms with Crippen molar-refractivity contribution < 1.29 is 0 Å². The molecule has 1 nitrogen and oxygen atoms in total. The van der Waals surface area contributed by atoms with Gasteiger partial charge in [0.1, 0.15) is 0 Å². The Kier molecular flexibility index (Phi) is 2.76. The van der Waals surface area contributed by atoms with Gasteiger partial charge < -0.3 is 5.32 Å². The fraction of sp³-hybridized carbons (Fsp3) is 0.273. The summed E-state index contributed by atoms with van der Waals surface area (Å²) in [4.78, 5) is 0. The summed E-state index contributed by atoms with van der Waals surface area (Å²) in [5.74, 6) is 2.64. The van der Waals surface area contributed by atoms with Crippen LogP contribution in [0.1, 0.15) is 19.4 Å². The van der Waals surface area contributed by atoms with E-state index in [1.165, 1.54) is 0 Å². The SMILES string of the molecule is C#Cc1ccccc1NC(C)C. The van der Waals surface area contributed by atoms with Gasteiger partial charge in [0.15, 0.2) is 0 Å². The largest absolute Gasteiger partial charge is 0.382 e. The minimum atomic E-state index is 0.416. The summed E-state index contributed by atoms with van der Waals surface area (Å²) >= 11 is 0. The highest BCUT2D eigenvalue weighted by Gasteiger charge is 1.98. The Morgan fingerprint density at radius 3 is 2.58 bits per heavy atom. The maximum Gasteiger partial charge on any atom is 0.0501 e. The first kappa shape index (κ1) is 8.67. The second kappa shape index (κ2) is 3.82. The van der Waals surface area contributed by atoms with Gasteiger partial charge in [-0.15, -0.1) is 6.42 Å². The van der Waals surface area contributed by atoms with E-state index in [-0.39, 0.29) is 0 Å². The molecule has 0 bridgehead atoms. The van der Waals surface area contributed by atoms with Crippen molar-refractivity contribution in [1.82, 2.24) is 0 Å². The number of para-hydroxylation sites is 1. The Bertz CT molecular complexity index is 294. The molecule has 12 heavy (non-hydrogen) atoms. The average molecular weight is 159 g/mol. The summed E-state index contributed by atoms with van der Waals surface area (Å²) in [6, 6.07) is 8.27. The number of terminal acetylenes is 1. The molecule has 1 heteroatoms. The van der Waals surface area contributed by atoms with E-state index in [1.807, 2.05) is 24.3 Å². The van der Waals surface area contributed by atoms with Gasteiger partial charge in [0, 0.05) is 11.6 Å². The second-order valence-corrected chi connectivity index (χ2v) is 2.99. The lowest BCUT2D eigenvalue weighted by Crippen LogP contribution is -2.10. The molecule has 0 spiro atoms. The molecular weight excluding hydrogens is 146 g/mol. The van der Waals surface area contributed by atoms with Gasteiger partial charge in [0.05, 0.1) is 5.69 Å². The van der Waals surface area contributed by atoms with Crippen LogP contribution in [-0.4, -0.2) is 6.04 Å². The van der Waals surface area contributed by atoms with Crippen LogP contribution in [0.3, 0.4) is 0 Å². The van der Waals surface area contributed by atoms with Gasteiger partial charge in [-0.3, -0.25) is 0 Å². The first-order valence-corrected chi connectivity index (χ1v) is 4.06. The molecular formula is C11H13N. The molecule has 0 saturated carbocycles. The van der Waals surface area contributed by atoms with Gasteiger partial charge in [0.25, 0.3) is 0 Å². The lowest BCUT2D eigenvalue weighted by Gasteiger charge is -2.11. The molecule has 0 aliphatic rings. The third kappa shape index (κ3) is 2.03. The summed E-state index contributed by atoms with van der Waals surface area (Å²) in [6.07, 6.45) is 5.34. The van der Waals surface area contributed by atoms with Crippen LogP contribution in [0.5, 0.6) is 0 Å². The van der Waals surface area contributed by atoms with Gasteiger partial charge in [-0.25, -0.2) is 0 Å². The molecule has 0 amide bonds. The molecule has 0 radical (unpaired) electrons. The molecule has 1 aromatic carbocycles. The predicted molar refractivity (Wildman–Crippen MR) is 53.1 cm³/mol. The van der Waals surface area contributed by atoms with Crippen LogP contribution < -0.4 is 5.32 Å². The standard InChI is InChI=1S/C11H13N/c1-4-10-7-5-6-8-11(10)12-9(2)3/h1,5-9,12H,2-3H3. The molecule has 0 heterocycles. The molecule has 0 saturated heterocycles. The van der Waals surface area contributed by atoms with Crippen molar-refractivity contribution in [3.63, 3.8) is 0 Å². The minimum Gasteiger partial charge on any atom is -0.382 e. The highest BCUT2D eigenvalue weighted by atomic mass is 14.9. The number of nitrogens with one attached hydrogen (secondary N) is 1. The van der Waals surface area contributed by atoms with Crippen molar-refractivity contribution in [2.45, 2.75) is 19.9 Å². The molecule has 62 valence electrons. The first-order chi connectivity index (χ1) is 5.74. The monoisotopic (exact) mass is 159 g/mol. The summed E-state index contributed by atoms with van der Waals surface area (Å²) in [6.45, 7) is 4.18. The predicted octanol–water partition coefficient (Wildman–Crippen LogP) is 2.49. The smallest absolute Gasteiger partial charge is 0.0501 e. The molecule has 0 unspecified atom stereocenters. The zero-order valence-electron chi connectivity index (χ0n) is 7.46. The van der Waals surface area contributed by atoms with Gasteiger partial charge >= 0.3 is 0 Å². The van der Waals surface area contributed by atoms with E-state index >= 15 is 0 Å². The molecule has 0 fully saturated rings. The van der Waals surface area contributed by atoms with Gasteiger partial charge in [0.2, 0.25) is 0 Å². The van der Waals surface area contributed by atoms with Crippen LogP contribution in [0, 0.1) is 12.3 Å². The van der Waals surface area contributed by atoms with E-state index in [2.05, 4.69) is 25.1 Å². The van der Waals surface area contributed by atoms with Gasteiger partial charge in [-0.1, -0.05) is 18.1 Å². The minimum absolute atomic E-state index is 0.416. The van der Waals surface area contributed by atoms with Crippen LogP contribution in [0.2, 0.25) is 0 Å². The molecule has 1 N–H and O–H groups in total. The van der Waals surface area contributed by atoms with Gasteiger partial charge in [-0.05, 0) is 26.0 Å². The third-order valence-electron chi connectivity index (χ3n) is 1.53. The highest BCUT2D eigenvalue weighted by molar-refractivity contribution is 5.58. The molecule has 1 aromatic rings. The van der Waals surface area contributed by atoms with Crippen molar-refractivity contribution >= 4 is 5.69 Å². The topological polar surface area (TPSA) is 12.0 Å². The van der Waals surface area contributed by atoms with Crippen molar-refractivity contribution in [3.05, 3.63) is 29.8 Å². The summed E-state index contributed by atoms with van der Waals surface area (Å²) < 4.78 is 0. The van der Waals surface area contributed by atoms with E-state index in [1.54, 1.807) is 0 Å². The Morgan fingerprint density at radius 1 is 1.33 bits per heavy atom. The summed E-state index contributed by atoms with van der Waals surface area (Å²) in [7, 11) is 0. The summed E-state index contributed by atoms with van der Waals surface area (Å²) in [5.41, 5.74) is 1.96. The maximum absolute atomic E-state index is 5.34. The Balaban J connectivity index is 2.91. The lowest BCUT2D eigenvalue weighted by molar-refractivity contribution is 0.899. The zero-order valence-corrected chi connectivity index (χ0v) is 7.46. The van der Waals surface area contributed by atoms with Crippen LogP contribution in [-0.2, 0) is 0 Å². The average Bonchev–Trinajstić information content (AvgIpc) is 2.04. The van der Waals surface area contributed by atoms with Crippen molar-refractivity contribution in [2.24, 2.45) is 0 Å². The lowest BCUT2D eigenvalue weighted by atomic mass is 10.2. The Hall–Kier alpha value is -1.42. The molecule has 1 rings (SSSR count). The normalized spacial score (nSPS) is 9.50. The fourth-order valence-electron chi connectivity index (χ4n) is 1.05. The number of benzene rings is 1. The number of rotatable bonds is 2. The van der Waals surface area contributed by atoms with E-state index in [0.717, 1.165) is 11.3 Å². The van der Waals surface area contributed by atoms with E-state index in [4.69, 9.17) is 6.42 Å². The van der Waals surface area contributed by atoms with Crippen LogP contribution in [0.4, 0.5) is 5.69 Å². The van der Waals surface area contributed by atoms with Crippen LogP contribution in [0.15, 0.2) is 24.3 Å². The van der Waals surface area contributed by atoms with Crippen LogP contribution in [0.25, 0.3) is 0 Å². The fourth-order valence-corrected chi connectivity index (χ4v) is 1.05. The van der Waals surface area contributed by atoms with E-state index < -0.39 is 0 Å². The second-order valence-electron chi connectivity index (χ2n) is 2.99. The van der Waals surface area contributed by atoms with Crippen molar-refractivity contribution in [2.75, 3.05) is 5.32 Å². The molecule has 0 aliphatic heterocycles. The van der Waals surface area contributed by atoms with E-state index in [0.29, 0.717) is 6.04 Å². The van der Waals surface area contributed by atoms with Crippen molar-refractivity contribution in [3.8, 4) is 12.3 Å². The Labute approximate surface area is 73.8 Å². The quantitative estimate of drug-likeness (QED) is 0.654. The molecule has 0 aliphatic carbocycles. The number of hydrogen-bond donors (Lipinski definition) is 1. The number of anilines is 1. The Morgan fingerprint density at radius 2 is 2.00 bits per heavy atom. The molecule has 0 aromatic heterocycles. The van der Waals surface area contributed by atoms with E-state index in [9.17, 15) is 0 Å². The first-order valence-electron chi connectivity index (χ1n) is 4.06. The number of hydrogen-bond acceptors (Lipinski definition) is 1. The summed E-state index contributed by atoms with van der Waals surface area (Å²) in [5, 5.41) is 3.28. The van der Waals surface area contributed by atoms with Gasteiger partial charge in [-0.2, -0.15) is 0 Å². The highest BCUT2D eigenvalue weighted by Crippen LogP contribution is 2.14.